The first kappa shape index (κ1) is 14.4. The van der Waals surface area contributed by atoms with Crippen molar-refractivity contribution in [3.8, 4) is 0 Å². The van der Waals surface area contributed by atoms with E-state index < -0.39 is 0 Å². The molecule has 0 N–H and O–H groups in total. The summed E-state index contributed by atoms with van der Waals surface area (Å²) in [4.78, 5) is 26.7. The maximum Gasteiger partial charge on any atom is 0.348 e. The minimum Gasteiger partial charge on any atom is -0.246 e. The van der Waals surface area contributed by atoms with Crippen LogP contribution in [0.15, 0.2) is 33.9 Å². The highest BCUT2D eigenvalue weighted by atomic mass is 16.2. The van der Waals surface area contributed by atoms with E-state index in [9.17, 15) is 9.59 Å². The topological polar surface area (TPSA) is 48.9 Å². The molecule has 4 aliphatic carbocycles. The molecule has 0 saturated heterocycles. The Bertz CT molecular complexity index is 921. The van der Waals surface area contributed by atoms with E-state index in [1.165, 1.54) is 6.42 Å². The minimum absolute atomic E-state index is 0.0147. The lowest BCUT2D eigenvalue weighted by Crippen LogP contribution is -2.50. The lowest BCUT2D eigenvalue weighted by atomic mass is 9.68. The van der Waals surface area contributed by atoms with Gasteiger partial charge in [0.2, 0.25) is 0 Å². The molecule has 7 rings (SSSR count). The van der Waals surface area contributed by atoms with E-state index in [0.29, 0.717) is 17.8 Å². The van der Waals surface area contributed by atoms with Crippen LogP contribution in [0.2, 0.25) is 0 Å². The van der Waals surface area contributed by atoms with Gasteiger partial charge >= 0.3 is 11.4 Å². The van der Waals surface area contributed by atoms with Gasteiger partial charge < -0.3 is 0 Å². The first-order chi connectivity index (χ1) is 11.9. The summed E-state index contributed by atoms with van der Waals surface area (Å²) < 4.78 is 5.17. The van der Waals surface area contributed by atoms with E-state index in [0.717, 1.165) is 12.8 Å². The van der Waals surface area contributed by atoms with Gasteiger partial charge in [-0.15, -0.1) is 0 Å². The van der Waals surface area contributed by atoms with Gasteiger partial charge in [0, 0.05) is 17.9 Å². The quantitative estimate of drug-likeness (QED) is 0.739. The zero-order chi connectivity index (χ0) is 17.3. The van der Waals surface area contributed by atoms with Crippen LogP contribution in [0.1, 0.15) is 58.2 Å². The molecule has 1 aromatic rings. The maximum absolute atomic E-state index is 13.4. The van der Waals surface area contributed by atoms with E-state index in [1.54, 1.807) is 13.9 Å². The van der Waals surface area contributed by atoms with Crippen molar-refractivity contribution in [1.29, 1.82) is 0 Å². The molecule has 0 radical (unpaired) electrons. The van der Waals surface area contributed by atoms with Crippen molar-refractivity contribution < 1.29 is 0 Å². The second-order valence-electron chi connectivity index (χ2n) is 9.66. The summed E-state index contributed by atoms with van der Waals surface area (Å²) in [6.45, 7) is 6.97. The minimum atomic E-state index is -0.0855. The fourth-order valence-electron chi connectivity index (χ4n) is 6.87. The van der Waals surface area contributed by atoms with Gasteiger partial charge in [-0.1, -0.05) is 45.1 Å². The Morgan fingerprint density at radius 2 is 1.48 bits per heavy atom. The van der Waals surface area contributed by atoms with Crippen LogP contribution in [-0.2, 0) is 0 Å². The number of aromatic nitrogens is 3. The Kier molecular flexibility index (Phi) is 2.28. The van der Waals surface area contributed by atoms with Crippen LogP contribution in [0, 0.1) is 28.6 Å². The van der Waals surface area contributed by atoms with E-state index in [2.05, 4.69) is 45.1 Å². The van der Waals surface area contributed by atoms with Crippen LogP contribution in [0.4, 0.5) is 0 Å². The monoisotopic (exact) mass is 339 g/mol. The maximum atomic E-state index is 13.4. The molecule has 0 spiro atoms. The Balaban J connectivity index is 1.57. The number of fused-ring (bicyclic) bond motifs is 2. The second kappa shape index (κ2) is 3.97. The van der Waals surface area contributed by atoms with Gasteiger partial charge in [0.25, 0.3) is 0 Å². The Morgan fingerprint density at radius 1 is 0.920 bits per heavy atom. The number of allylic oxidation sites excluding steroid dienone is 4. The smallest absolute Gasteiger partial charge is 0.246 e. The Morgan fingerprint density at radius 3 is 1.88 bits per heavy atom. The molecule has 5 nitrogen and oxygen atoms in total. The molecule has 0 aromatic carbocycles. The highest BCUT2D eigenvalue weighted by Gasteiger charge is 2.63. The molecule has 7 atom stereocenters. The first-order valence-corrected chi connectivity index (χ1v) is 9.68. The second-order valence-corrected chi connectivity index (χ2v) is 9.66. The fraction of sp³-hybridized carbons (Fsp3) is 0.700. The van der Waals surface area contributed by atoms with Gasteiger partial charge in [-0.2, -0.15) is 0 Å². The standard InChI is InChI=1S/C20H25N3O2/c1-19(2)11-8-9-20(19,3)16(10-11)21-17(24)22-14-6-7-15(23(22)18(21)25)13-5-4-12(13)14/h4-7,11-16H,8-10H2,1-3H3/t11-,12+,13+,14-,15-,16+,20-/m0/s1. The Labute approximate surface area is 146 Å². The average molecular weight is 339 g/mol. The molecule has 5 heteroatoms. The molecule has 4 bridgehead atoms. The van der Waals surface area contributed by atoms with Gasteiger partial charge in [0.1, 0.15) is 0 Å². The molecular formula is C20H25N3O2. The molecule has 2 fully saturated rings. The van der Waals surface area contributed by atoms with Crippen LogP contribution in [0.3, 0.4) is 0 Å². The van der Waals surface area contributed by atoms with E-state index in [4.69, 9.17) is 0 Å². The van der Waals surface area contributed by atoms with Crippen molar-refractivity contribution in [2.24, 2.45) is 28.6 Å². The predicted octanol–water partition coefficient (Wildman–Crippen LogP) is 2.67. The van der Waals surface area contributed by atoms with Crippen molar-refractivity contribution >= 4 is 0 Å². The average Bonchev–Trinajstić information content (AvgIpc) is 3.00. The highest BCUT2D eigenvalue weighted by molar-refractivity contribution is 5.27. The third kappa shape index (κ3) is 1.31. The summed E-state index contributed by atoms with van der Waals surface area (Å²) in [6.07, 6.45) is 12.0. The number of hydrogen-bond acceptors (Lipinski definition) is 2. The van der Waals surface area contributed by atoms with Crippen LogP contribution in [-0.4, -0.2) is 13.9 Å². The lowest BCUT2D eigenvalue weighted by Gasteiger charge is -2.47. The largest absolute Gasteiger partial charge is 0.348 e. The molecule has 2 aliphatic heterocycles. The van der Waals surface area contributed by atoms with Gasteiger partial charge in [0.05, 0.1) is 12.1 Å². The summed E-state index contributed by atoms with van der Waals surface area (Å²) in [5, 5.41) is 0. The van der Waals surface area contributed by atoms with Crippen LogP contribution < -0.4 is 11.4 Å². The number of hydrogen-bond donors (Lipinski definition) is 0. The van der Waals surface area contributed by atoms with Crippen molar-refractivity contribution in [3.63, 3.8) is 0 Å². The van der Waals surface area contributed by atoms with E-state index >= 15 is 0 Å². The molecular weight excluding hydrogens is 314 g/mol. The van der Waals surface area contributed by atoms with Gasteiger partial charge in [-0.25, -0.2) is 23.5 Å². The summed E-state index contributed by atoms with van der Waals surface area (Å²) in [5.74, 6) is 1.38. The lowest BCUT2D eigenvalue weighted by molar-refractivity contribution is 0.103. The fourth-order valence-corrected chi connectivity index (χ4v) is 6.87. The first-order valence-electron chi connectivity index (χ1n) is 9.68. The molecule has 132 valence electrons. The molecule has 1 aromatic heterocycles. The molecule has 25 heavy (non-hydrogen) atoms. The van der Waals surface area contributed by atoms with Crippen molar-refractivity contribution in [2.75, 3.05) is 0 Å². The summed E-state index contributed by atoms with van der Waals surface area (Å²) in [7, 11) is 0. The normalized spacial score (nSPS) is 47.0. The van der Waals surface area contributed by atoms with Crippen LogP contribution in [0.25, 0.3) is 0 Å². The summed E-state index contributed by atoms with van der Waals surface area (Å²) in [6, 6.07) is 0.0681. The third-order valence-corrected chi connectivity index (χ3v) is 8.95. The SMILES string of the molecule is CC1(C)[C@H]2CC[C@@]1(C)[C@H](n1c(=O)n3n(c1=O)[C@H]1C=C[C@H]3[C@@H]3C=C[C@H]31)C2. The Hall–Kier alpha value is -1.78. The van der Waals surface area contributed by atoms with Crippen molar-refractivity contribution in [1.82, 2.24) is 13.9 Å². The zero-order valence-electron chi connectivity index (χ0n) is 15.1. The van der Waals surface area contributed by atoms with Crippen molar-refractivity contribution in [3.05, 3.63) is 45.3 Å². The summed E-state index contributed by atoms with van der Waals surface area (Å²) >= 11 is 0. The van der Waals surface area contributed by atoms with Crippen LogP contribution >= 0.6 is 0 Å². The summed E-state index contributed by atoms with van der Waals surface area (Å²) in [5.41, 5.74) is 0.0482. The number of nitrogens with zero attached hydrogens (tertiary/aromatic N) is 3. The predicted molar refractivity (Wildman–Crippen MR) is 94.6 cm³/mol. The van der Waals surface area contributed by atoms with Crippen LogP contribution in [0.5, 0.6) is 0 Å². The third-order valence-electron chi connectivity index (χ3n) is 8.95. The van der Waals surface area contributed by atoms with Gasteiger partial charge in [-0.3, -0.25) is 0 Å². The van der Waals surface area contributed by atoms with Crippen molar-refractivity contribution in [2.45, 2.75) is 58.2 Å². The number of rotatable bonds is 1. The van der Waals surface area contributed by atoms with Gasteiger partial charge in [0.15, 0.2) is 0 Å². The molecule has 3 heterocycles. The zero-order valence-corrected chi connectivity index (χ0v) is 15.1. The molecule has 2 saturated carbocycles. The highest BCUT2D eigenvalue weighted by Crippen LogP contribution is 2.69. The molecule has 6 aliphatic rings. The molecule has 0 unspecified atom stereocenters. The van der Waals surface area contributed by atoms with E-state index in [1.807, 2.05) is 0 Å². The molecule has 0 amide bonds. The van der Waals surface area contributed by atoms with E-state index in [-0.39, 0.29) is 40.3 Å². The van der Waals surface area contributed by atoms with Gasteiger partial charge in [-0.05, 0) is 36.0 Å².